The maximum absolute atomic E-state index is 2.89. The van der Waals surface area contributed by atoms with Gasteiger partial charge in [-0.15, -0.1) is 0 Å². The van der Waals surface area contributed by atoms with Crippen LogP contribution in [0.5, 0.6) is 0 Å². The second kappa shape index (κ2) is 13.8. The van der Waals surface area contributed by atoms with Crippen LogP contribution in [0.15, 0.2) is 183 Å². The first-order valence-corrected chi connectivity index (χ1v) is 24.0. The van der Waals surface area contributed by atoms with Gasteiger partial charge in [0.15, 0.2) is 8.07 Å². The van der Waals surface area contributed by atoms with E-state index in [1.165, 1.54) is 105 Å². The van der Waals surface area contributed by atoms with Gasteiger partial charge < -0.3 is 0 Å². The Balaban J connectivity index is 1.26. The van der Waals surface area contributed by atoms with Crippen LogP contribution in [0.4, 0.5) is 0 Å². The molecule has 7 aromatic carbocycles. The molecule has 10 rings (SSSR count). The molecule has 0 radical (unpaired) electrons. The minimum atomic E-state index is -2.89. The van der Waals surface area contributed by atoms with Crippen molar-refractivity contribution in [1.29, 1.82) is 0 Å². The molecule has 0 saturated heterocycles. The Morgan fingerprint density at radius 2 is 0.946 bits per heavy atom. The molecule has 0 atom stereocenters. The van der Waals surface area contributed by atoms with Gasteiger partial charge in [-0.2, -0.15) is 0 Å². The molecule has 7 aromatic rings. The molecule has 3 heteroatoms. The standard InChI is InChI=1S/C53H48S2Si/c1-52(2)43-26-13-15-30-47(43)54-50-41(25-17-28-45(50)52)40-34-33-39(35-42(40)36-19-11-12-20-36)56(37-21-7-5-8-22-37,38-23-9-6-10-24-38)49-32-18-29-46-51(49)55-48-31-16-14-27-44(48)53(46,3)4/h5-10,13-18,21-36H,11-12,19-20H2,1-4H3. The van der Waals surface area contributed by atoms with Crippen LogP contribution in [0.2, 0.25) is 0 Å². The minimum Gasteiger partial charge on any atom is -0.0895 e. The summed E-state index contributed by atoms with van der Waals surface area (Å²) in [4.78, 5) is 5.62. The van der Waals surface area contributed by atoms with E-state index < -0.39 is 8.07 Å². The second-order valence-electron chi connectivity index (χ2n) is 17.1. The quantitative estimate of drug-likeness (QED) is 0.122. The summed E-state index contributed by atoms with van der Waals surface area (Å²) in [6.45, 7) is 9.67. The van der Waals surface area contributed by atoms with Crippen molar-refractivity contribution in [3.8, 4) is 11.1 Å². The molecule has 2 heterocycles. The Morgan fingerprint density at radius 1 is 0.446 bits per heavy atom. The van der Waals surface area contributed by atoms with Crippen molar-refractivity contribution < 1.29 is 0 Å². The maximum atomic E-state index is 2.72. The molecule has 0 nitrogen and oxygen atoms in total. The Hall–Kier alpha value is -4.54. The van der Waals surface area contributed by atoms with Crippen molar-refractivity contribution >= 4 is 52.3 Å². The van der Waals surface area contributed by atoms with E-state index in [9.17, 15) is 0 Å². The molecule has 0 spiro atoms. The van der Waals surface area contributed by atoms with Crippen LogP contribution in [0, 0.1) is 0 Å². The van der Waals surface area contributed by atoms with E-state index in [2.05, 4.69) is 191 Å². The lowest BCUT2D eigenvalue weighted by molar-refractivity contribution is 0.608. The van der Waals surface area contributed by atoms with Gasteiger partial charge in [0.2, 0.25) is 0 Å². The summed E-state index contributed by atoms with van der Waals surface area (Å²) in [5.41, 5.74) is 9.89. The van der Waals surface area contributed by atoms with E-state index in [1.54, 1.807) is 0 Å². The largest absolute Gasteiger partial charge is 0.180 e. The molecule has 276 valence electrons. The summed E-state index contributed by atoms with van der Waals surface area (Å²) >= 11 is 3.97. The fourth-order valence-electron chi connectivity index (χ4n) is 10.4. The van der Waals surface area contributed by atoms with E-state index in [1.807, 2.05) is 23.5 Å². The zero-order chi connectivity index (χ0) is 38.1. The zero-order valence-electron chi connectivity index (χ0n) is 32.8. The molecule has 56 heavy (non-hydrogen) atoms. The van der Waals surface area contributed by atoms with E-state index in [0.29, 0.717) is 5.92 Å². The van der Waals surface area contributed by atoms with Crippen molar-refractivity contribution in [3.63, 3.8) is 0 Å². The Labute approximate surface area is 342 Å². The fraction of sp³-hybridized carbons (Fsp3) is 0.208. The lowest BCUT2D eigenvalue weighted by atomic mass is 9.76. The third-order valence-corrected chi connectivity index (χ3v) is 20.7. The van der Waals surface area contributed by atoms with Gasteiger partial charge in [0, 0.05) is 30.4 Å². The monoisotopic (exact) mass is 776 g/mol. The molecule has 1 aliphatic carbocycles. The van der Waals surface area contributed by atoms with Crippen LogP contribution in [0.3, 0.4) is 0 Å². The average Bonchev–Trinajstić information content (AvgIpc) is 3.78. The van der Waals surface area contributed by atoms with Crippen molar-refractivity contribution in [3.05, 3.63) is 192 Å². The minimum absolute atomic E-state index is 0.0696. The molecule has 1 fully saturated rings. The fourth-order valence-corrected chi connectivity index (χ4v) is 18.8. The highest BCUT2D eigenvalue weighted by Gasteiger charge is 2.46. The predicted molar refractivity (Wildman–Crippen MR) is 242 cm³/mol. The predicted octanol–water partition coefficient (Wildman–Crippen LogP) is 12.0. The first kappa shape index (κ1) is 35.8. The van der Waals surface area contributed by atoms with Gasteiger partial charge in [0.1, 0.15) is 0 Å². The van der Waals surface area contributed by atoms with E-state index in [0.717, 1.165) is 0 Å². The van der Waals surface area contributed by atoms with Crippen LogP contribution < -0.4 is 20.7 Å². The topological polar surface area (TPSA) is 0 Å². The molecular formula is C53H48S2Si. The molecule has 0 aromatic heterocycles. The highest BCUT2D eigenvalue weighted by atomic mass is 32.2. The van der Waals surface area contributed by atoms with Crippen LogP contribution in [-0.2, 0) is 10.8 Å². The lowest BCUT2D eigenvalue weighted by Crippen LogP contribution is -2.75. The molecule has 1 saturated carbocycles. The Kier molecular flexibility index (Phi) is 8.85. The average molecular weight is 777 g/mol. The Bertz CT molecular complexity index is 2560. The summed E-state index contributed by atoms with van der Waals surface area (Å²) in [5.74, 6) is 0.540. The van der Waals surface area contributed by atoms with Gasteiger partial charge in [-0.1, -0.05) is 216 Å². The summed E-state index contributed by atoms with van der Waals surface area (Å²) in [6.07, 6.45) is 5.10. The Morgan fingerprint density at radius 3 is 1.55 bits per heavy atom. The van der Waals surface area contributed by atoms with Gasteiger partial charge in [0.05, 0.1) is 0 Å². The summed E-state index contributed by atoms with van der Waals surface area (Å²) in [6, 6.07) is 63.5. The highest BCUT2D eigenvalue weighted by Crippen LogP contribution is 2.53. The van der Waals surface area contributed by atoms with Crippen molar-refractivity contribution in [2.45, 2.75) is 89.7 Å². The first-order valence-electron chi connectivity index (χ1n) is 20.4. The van der Waals surface area contributed by atoms with Crippen molar-refractivity contribution in [2.75, 3.05) is 0 Å². The SMILES string of the molecule is CC1(C)c2ccccc2Sc2c(-c3ccc([Si](c4ccccc4)(c4ccccc4)c4cccc5c4Sc4ccccc4C5(C)C)cc3C3CCCC3)cccc21. The van der Waals surface area contributed by atoms with Crippen molar-refractivity contribution in [2.24, 2.45) is 0 Å². The van der Waals surface area contributed by atoms with Gasteiger partial charge in [-0.3, -0.25) is 0 Å². The molecule has 0 bridgehead atoms. The van der Waals surface area contributed by atoms with Gasteiger partial charge in [-0.25, -0.2) is 0 Å². The third-order valence-electron chi connectivity index (χ3n) is 13.3. The van der Waals surface area contributed by atoms with E-state index in [-0.39, 0.29) is 10.8 Å². The number of hydrogen-bond acceptors (Lipinski definition) is 2. The number of fused-ring (bicyclic) bond motifs is 4. The first-order chi connectivity index (χ1) is 27.3. The van der Waals surface area contributed by atoms with Crippen molar-refractivity contribution in [1.82, 2.24) is 0 Å². The van der Waals surface area contributed by atoms with Gasteiger partial charge >= 0.3 is 0 Å². The summed E-state index contributed by atoms with van der Waals surface area (Å²) < 4.78 is 0. The van der Waals surface area contributed by atoms with Gasteiger partial charge in [-0.05, 0) is 90.6 Å². The normalized spacial score (nSPS) is 16.7. The zero-order valence-corrected chi connectivity index (χ0v) is 35.4. The van der Waals surface area contributed by atoms with Crippen LogP contribution in [0.1, 0.15) is 87.1 Å². The molecule has 2 aliphatic heterocycles. The van der Waals surface area contributed by atoms with E-state index >= 15 is 0 Å². The van der Waals surface area contributed by atoms with E-state index in [4.69, 9.17) is 0 Å². The smallest absolute Gasteiger partial charge is 0.0895 e. The van der Waals surface area contributed by atoms with Crippen LogP contribution in [-0.4, -0.2) is 8.07 Å². The highest BCUT2D eigenvalue weighted by molar-refractivity contribution is 8.00. The summed E-state index contributed by atoms with van der Waals surface area (Å²) in [7, 11) is -2.89. The second-order valence-corrected chi connectivity index (χ2v) is 23.0. The molecule has 3 aliphatic rings. The number of rotatable bonds is 6. The van der Waals surface area contributed by atoms with Crippen LogP contribution >= 0.6 is 23.5 Å². The lowest BCUT2D eigenvalue weighted by Gasteiger charge is -2.41. The van der Waals surface area contributed by atoms with Gasteiger partial charge in [0.25, 0.3) is 0 Å². The molecule has 0 N–H and O–H groups in total. The molecular weight excluding hydrogens is 729 g/mol. The molecule has 0 unspecified atom stereocenters. The third kappa shape index (κ3) is 5.49. The summed E-state index contributed by atoms with van der Waals surface area (Å²) in [5, 5.41) is 5.85. The number of benzene rings is 7. The maximum Gasteiger partial charge on any atom is 0.180 e. The number of hydrogen-bond donors (Lipinski definition) is 0. The van der Waals surface area contributed by atoms with Crippen LogP contribution in [0.25, 0.3) is 11.1 Å². The molecule has 0 amide bonds.